The largest absolute Gasteiger partial charge is 0.508 e. The van der Waals surface area contributed by atoms with Gasteiger partial charge < -0.3 is 14.9 Å². The maximum absolute atomic E-state index is 11.7. The molecule has 0 bridgehead atoms. The van der Waals surface area contributed by atoms with E-state index in [2.05, 4.69) is 0 Å². The van der Waals surface area contributed by atoms with E-state index in [9.17, 15) is 15.0 Å². The Morgan fingerprint density at radius 2 is 2.17 bits per heavy atom. The molecule has 0 aromatic heterocycles. The highest BCUT2D eigenvalue weighted by molar-refractivity contribution is 5.73. The highest BCUT2D eigenvalue weighted by Crippen LogP contribution is 2.29. The second kappa shape index (κ2) is 7.01. The Morgan fingerprint density at radius 3 is 2.72 bits per heavy atom. The maximum Gasteiger partial charge on any atom is 0.311 e. The number of hydrogen-bond acceptors (Lipinski definition) is 4. The molecule has 0 radical (unpaired) electrons. The Kier molecular flexibility index (Phi) is 5.65. The lowest BCUT2D eigenvalue weighted by Crippen LogP contribution is -2.23. The maximum atomic E-state index is 11.7. The lowest BCUT2D eigenvalue weighted by atomic mass is 9.91. The quantitative estimate of drug-likeness (QED) is 0.763. The molecule has 0 amide bonds. The Morgan fingerprint density at radius 1 is 1.44 bits per heavy atom. The zero-order chi connectivity index (χ0) is 13.5. The van der Waals surface area contributed by atoms with Crippen molar-refractivity contribution in [3.05, 3.63) is 29.8 Å². The summed E-state index contributed by atoms with van der Waals surface area (Å²) in [6.07, 6.45) is 1.41. The van der Waals surface area contributed by atoms with Crippen LogP contribution in [0.2, 0.25) is 0 Å². The molecule has 4 nitrogen and oxygen atoms in total. The molecule has 0 aliphatic heterocycles. The average Bonchev–Trinajstić information content (AvgIpc) is 2.38. The van der Waals surface area contributed by atoms with E-state index in [0.717, 1.165) is 12.8 Å². The topological polar surface area (TPSA) is 66.8 Å². The number of phenols is 1. The predicted molar refractivity (Wildman–Crippen MR) is 68.1 cm³/mol. The van der Waals surface area contributed by atoms with Crippen LogP contribution in [-0.4, -0.2) is 23.3 Å². The van der Waals surface area contributed by atoms with Gasteiger partial charge in [-0.05, 0) is 24.1 Å². The molecule has 1 aromatic rings. The third-order valence-electron chi connectivity index (χ3n) is 2.97. The summed E-state index contributed by atoms with van der Waals surface area (Å²) in [6, 6.07) is 6.32. The van der Waals surface area contributed by atoms with Gasteiger partial charge in [0.25, 0.3) is 0 Å². The zero-order valence-electron chi connectivity index (χ0n) is 10.8. The van der Waals surface area contributed by atoms with Crippen LogP contribution in [0.4, 0.5) is 0 Å². The van der Waals surface area contributed by atoms with Gasteiger partial charge in [0, 0.05) is 0 Å². The second-order valence-electron chi connectivity index (χ2n) is 4.31. The molecule has 0 fully saturated rings. The van der Waals surface area contributed by atoms with E-state index in [4.69, 9.17) is 4.74 Å². The van der Waals surface area contributed by atoms with Crippen molar-refractivity contribution in [1.29, 1.82) is 0 Å². The van der Waals surface area contributed by atoms with Crippen molar-refractivity contribution in [1.82, 2.24) is 0 Å². The normalized spacial score (nSPS) is 13.9. The van der Waals surface area contributed by atoms with Gasteiger partial charge in [0.1, 0.15) is 5.75 Å². The second-order valence-corrected chi connectivity index (χ2v) is 4.31. The third-order valence-corrected chi connectivity index (χ3v) is 2.97. The number of rotatable bonds is 6. The van der Waals surface area contributed by atoms with E-state index < -0.39 is 18.0 Å². The fraction of sp³-hybridized carbons (Fsp3) is 0.500. The number of ether oxygens (including phenoxy) is 1. The number of esters is 1. The molecule has 1 rings (SSSR count). The van der Waals surface area contributed by atoms with Crippen LogP contribution >= 0.6 is 0 Å². The number of hydrogen-bond donors (Lipinski definition) is 2. The molecule has 4 heteroatoms. The van der Waals surface area contributed by atoms with Gasteiger partial charge in [-0.25, -0.2) is 0 Å². The lowest BCUT2D eigenvalue weighted by Gasteiger charge is -2.21. The van der Waals surface area contributed by atoms with E-state index in [1.54, 1.807) is 12.1 Å². The van der Waals surface area contributed by atoms with E-state index in [-0.39, 0.29) is 5.75 Å². The van der Waals surface area contributed by atoms with Gasteiger partial charge in [-0.3, -0.25) is 4.79 Å². The predicted octanol–water partition coefficient (Wildman–Crippen LogP) is 2.41. The number of aromatic hydroxyl groups is 1. The molecule has 1 aromatic carbocycles. The molecule has 0 saturated heterocycles. The van der Waals surface area contributed by atoms with Gasteiger partial charge in [0.15, 0.2) is 0 Å². The highest BCUT2D eigenvalue weighted by Gasteiger charge is 2.28. The molecule has 0 spiro atoms. The summed E-state index contributed by atoms with van der Waals surface area (Å²) in [7, 11) is 1.32. The summed E-state index contributed by atoms with van der Waals surface area (Å²) in [6.45, 7) is 2.02. The van der Waals surface area contributed by atoms with Gasteiger partial charge in [0.2, 0.25) is 0 Å². The number of aliphatic hydroxyl groups excluding tert-OH is 1. The summed E-state index contributed by atoms with van der Waals surface area (Å²) in [4.78, 5) is 11.7. The first kappa shape index (κ1) is 14.5. The number of aliphatic hydroxyl groups is 1. The standard InChI is InChI=1S/C14H20O4/c1-3-4-8-12(14(17)18-2)13(16)10-6-5-7-11(15)9-10/h5-7,9,12-13,15-16H,3-4,8H2,1-2H3. The van der Waals surface area contributed by atoms with Crippen LogP contribution in [0.1, 0.15) is 37.9 Å². The van der Waals surface area contributed by atoms with Crippen molar-refractivity contribution >= 4 is 5.97 Å². The van der Waals surface area contributed by atoms with Crippen molar-refractivity contribution < 1.29 is 19.7 Å². The molecular formula is C14H20O4. The molecule has 2 N–H and O–H groups in total. The van der Waals surface area contributed by atoms with Crippen LogP contribution in [0, 0.1) is 5.92 Å². The van der Waals surface area contributed by atoms with Gasteiger partial charge in [-0.15, -0.1) is 0 Å². The van der Waals surface area contributed by atoms with Gasteiger partial charge >= 0.3 is 5.97 Å². The van der Waals surface area contributed by atoms with Crippen LogP contribution in [0.3, 0.4) is 0 Å². The molecule has 2 unspecified atom stereocenters. The average molecular weight is 252 g/mol. The fourth-order valence-corrected chi connectivity index (χ4v) is 1.92. The molecule has 0 aliphatic rings. The van der Waals surface area contributed by atoms with Crippen molar-refractivity contribution in [3.8, 4) is 5.75 Å². The Balaban J connectivity index is 2.87. The van der Waals surface area contributed by atoms with Gasteiger partial charge in [-0.1, -0.05) is 31.9 Å². The van der Waals surface area contributed by atoms with Crippen molar-refractivity contribution in [2.75, 3.05) is 7.11 Å². The third kappa shape index (κ3) is 3.74. The smallest absolute Gasteiger partial charge is 0.311 e. The minimum Gasteiger partial charge on any atom is -0.508 e. The van der Waals surface area contributed by atoms with Crippen LogP contribution in [0.15, 0.2) is 24.3 Å². The van der Waals surface area contributed by atoms with Crippen LogP contribution in [0.5, 0.6) is 5.75 Å². The van der Waals surface area contributed by atoms with E-state index in [0.29, 0.717) is 12.0 Å². The molecular weight excluding hydrogens is 232 g/mol. The van der Waals surface area contributed by atoms with Gasteiger partial charge in [-0.2, -0.15) is 0 Å². The molecule has 100 valence electrons. The van der Waals surface area contributed by atoms with Crippen molar-refractivity contribution in [3.63, 3.8) is 0 Å². The highest BCUT2D eigenvalue weighted by atomic mass is 16.5. The van der Waals surface area contributed by atoms with Crippen LogP contribution in [-0.2, 0) is 9.53 Å². The first-order valence-electron chi connectivity index (χ1n) is 6.15. The van der Waals surface area contributed by atoms with E-state index >= 15 is 0 Å². The molecule has 18 heavy (non-hydrogen) atoms. The van der Waals surface area contributed by atoms with Crippen molar-refractivity contribution in [2.24, 2.45) is 5.92 Å². The summed E-state index contributed by atoms with van der Waals surface area (Å²) in [5.41, 5.74) is 0.529. The van der Waals surface area contributed by atoms with Crippen molar-refractivity contribution in [2.45, 2.75) is 32.3 Å². The Labute approximate surface area is 107 Å². The number of methoxy groups -OCH3 is 1. The Bertz CT molecular complexity index is 389. The minimum absolute atomic E-state index is 0.0747. The zero-order valence-corrected chi connectivity index (χ0v) is 10.8. The fourth-order valence-electron chi connectivity index (χ4n) is 1.92. The molecule has 0 heterocycles. The number of benzene rings is 1. The number of unbranched alkanes of at least 4 members (excludes halogenated alkanes) is 1. The minimum atomic E-state index is -0.948. The number of carbonyl (C=O) groups excluding carboxylic acids is 1. The molecule has 0 saturated carbocycles. The molecule has 0 aliphatic carbocycles. The van der Waals surface area contributed by atoms with Crippen LogP contribution in [0.25, 0.3) is 0 Å². The number of carbonyl (C=O) groups is 1. The van der Waals surface area contributed by atoms with Gasteiger partial charge in [0.05, 0.1) is 19.1 Å². The lowest BCUT2D eigenvalue weighted by molar-refractivity contribution is -0.150. The number of phenolic OH excluding ortho intramolecular Hbond substituents is 1. The SMILES string of the molecule is CCCCC(C(=O)OC)C(O)c1cccc(O)c1. The summed E-state index contributed by atoms with van der Waals surface area (Å²) in [5, 5.41) is 19.6. The van der Waals surface area contributed by atoms with E-state index in [1.807, 2.05) is 6.92 Å². The first-order valence-corrected chi connectivity index (χ1v) is 6.15. The first-order chi connectivity index (χ1) is 8.60. The summed E-state index contributed by atoms with van der Waals surface area (Å²) >= 11 is 0. The Hall–Kier alpha value is -1.55. The van der Waals surface area contributed by atoms with Crippen LogP contribution < -0.4 is 0 Å². The van der Waals surface area contributed by atoms with E-state index in [1.165, 1.54) is 19.2 Å². The molecule has 2 atom stereocenters. The summed E-state index contributed by atoms with van der Waals surface area (Å²) in [5.74, 6) is -0.929. The monoisotopic (exact) mass is 252 g/mol. The summed E-state index contributed by atoms with van der Waals surface area (Å²) < 4.78 is 4.72.